The van der Waals surface area contributed by atoms with Crippen LogP contribution < -0.4 is 0 Å². The molecule has 0 spiro atoms. The fraction of sp³-hybridized carbons (Fsp3) is 0.333. The maximum absolute atomic E-state index is 10.4. The summed E-state index contributed by atoms with van der Waals surface area (Å²) in [7, 11) is 0. The van der Waals surface area contributed by atoms with Crippen LogP contribution in [0.15, 0.2) is 24.3 Å². The summed E-state index contributed by atoms with van der Waals surface area (Å²) >= 11 is 0. The maximum atomic E-state index is 10.4. The second kappa shape index (κ2) is 4.14. The van der Waals surface area contributed by atoms with E-state index in [1.807, 2.05) is 20.8 Å². The first-order valence-electron chi connectivity index (χ1n) is 4.66. The molecular weight excluding hydrogens is 190 g/mol. The summed E-state index contributed by atoms with van der Waals surface area (Å²) in [4.78, 5) is 9.98. The van der Waals surface area contributed by atoms with Crippen LogP contribution in [0.1, 0.15) is 26.3 Å². The lowest BCUT2D eigenvalue weighted by molar-refractivity contribution is -0.384. The molecule has 0 aliphatic carbocycles. The quantitative estimate of drug-likeness (QED) is 0.400. The molecule has 0 atom stereocenters. The van der Waals surface area contributed by atoms with Crippen LogP contribution in [0.5, 0.6) is 0 Å². The number of nitro groups is 1. The second-order valence-corrected chi connectivity index (χ2v) is 4.30. The summed E-state index contributed by atoms with van der Waals surface area (Å²) < 4.78 is 0. The zero-order valence-electron chi connectivity index (χ0n) is 9.07. The predicted octanol–water partition coefficient (Wildman–Crippen LogP) is 2.99. The summed E-state index contributed by atoms with van der Waals surface area (Å²) in [6.07, 6.45) is 0. The van der Waals surface area contributed by atoms with Gasteiger partial charge in [-0.25, -0.2) is 0 Å². The minimum absolute atomic E-state index is 0.0538. The Bertz CT molecular complexity index is 416. The first-order chi connectivity index (χ1) is 6.88. The van der Waals surface area contributed by atoms with Gasteiger partial charge in [0.15, 0.2) is 0 Å². The third kappa shape index (κ3) is 3.82. The Morgan fingerprint density at radius 2 is 1.73 bits per heavy atom. The molecule has 0 aromatic heterocycles. The van der Waals surface area contributed by atoms with E-state index in [0.717, 1.165) is 5.56 Å². The minimum Gasteiger partial charge on any atom is -0.258 e. The lowest BCUT2D eigenvalue weighted by Gasteiger charge is -2.06. The van der Waals surface area contributed by atoms with Crippen molar-refractivity contribution < 1.29 is 4.92 Å². The Kier molecular flexibility index (Phi) is 3.11. The molecule has 0 heterocycles. The third-order valence-electron chi connectivity index (χ3n) is 1.66. The van der Waals surface area contributed by atoms with Gasteiger partial charge in [-0.1, -0.05) is 11.8 Å². The zero-order chi connectivity index (χ0) is 11.5. The molecule has 0 bridgehead atoms. The highest BCUT2D eigenvalue weighted by atomic mass is 16.6. The molecule has 78 valence electrons. The Labute approximate surface area is 89.3 Å². The number of benzene rings is 1. The first-order valence-corrected chi connectivity index (χ1v) is 4.66. The molecule has 3 nitrogen and oxygen atoms in total. The molecule has 15 heavy (non-hydrogen) atoms. The van der Waals surface area contributed by atoms with E-state index in [1.54, 1.807) is 12.1 Å². The van der Waals surface area contributed by atoms with E-state index in [4.69, 9.17) is 0 Å². The Balaban J connectivity index is 2.89. The summed E-state index contributed by atoms with van der Waals surface area (Å²) in [6.45, 7) is 6.06. The van der Waals surface area contributed by atoms with Gasteiger partial charge in [0.2, 0.25) is 0 Å². The average molecular weight is 203 g/mol. The van der Waals surface area contributed by atoms with Crippen molar-refractivity contribution in [1.29, 1.82) is 0 Å². The van der Waals surface area contributed by atoms with Crippen molar-refractivity contribution in [3.05, 3.63) is 39.9 Å². The molecule has 0 fully saturated rings. The van der Waals surface area contributed by atoms with Crippen molar-refractivity contribution >= 4 is 5.69 Å². The number of nitrogens with zero attached hydrogens (tertiary/aromatic N) is 1. The smallest absolute Gasteiger partial charge is 0.258 e. The van der Waals surface area contributed by atoms with Crippen molar-refractivity contribution in [3.63, 3.8) is 0 Å². The first kappa shape index (κ1) is 11.3. The highest BCUT2D eigenvalue weighted by Gasteiger charge is 2.04. The van der Waals surface area contributed by atoms with Gasteiger partial charge >= 0.3 is 0 Å². The molecule has 0 amide bonds. The van der Waals surface area contributed by atoms with Crippen molar-refractivity contribution in [3.8, 4) is 11.8 Å². The molecule has 0 radical (unpaired) electrons. The molecule has 3 heteroatoms. The number of nitro benzene ring substituents is 1. The molecular formula is C12H13NO2. The second-order valence-electron chi connectivity index (χ2n) is 4.30. The fourth-order valence-electron chi connectivity index (χ4n) is 0.926. The van der Waals surface area contributed by atoms with Crippen LogP contribution in [0.25, 0.3) is 0 Å². The van der Waals surface area contributed by atoms with Crippen molar-refractivity contribution in [2.24, 2.45) is 5.41 Å². The summed E-state index contributed by atoms with van der Waals surface area (Å²) in [5, 5.41) is 10.4. The molecule has 1 aromatic rings. The third-order valence-corrected chi connectivity index (χ3v) is 1.66. The highest BCUT2D eigenvalue weighted by molar-refractivity contribution is 5.41. The number of non-ortho nitro benzene ring substituents is 1. The Morgan fingerprint density at radius 1 is 1.20 bits per heavy atom. The number of hydrogen-bond acceptors (Lipinski definition) is 2. The largest absolute Gasteiger partial charge is 0.269 e. The van der Waals surface area contributed by atoms with Gasteiger partial charge in [-0.05, 0) is 32.9 Å². The summed E-state index contributed by atoms with van der Waals surface area (Å²) in [5.41, 5.74) is 0.841. The lowest BCUT2D eigenvalue weighted by atomic mass is 9.97. The summed E-state index contributed by atoms with van der Waals surface area (Å²) in [5.74, 6) is 6.05. The minimum atomic E-state index is -0.416. The molecule has 1 rings (SSSR count). The van der Waals surface area contributed by atoms with E-state index in [9.17, 15) is 10.1 Å². The van der Waals surface area contributed by atoms with Gasteiger partial charge in [0, 0.05) is 23.1 Å². The highest BCUT2D eigenvalue weighted by Crippen LogP contribution is 2.13. The zero-order valence-corrected chi connectivity index (χ0v) is 9.07. The molecule has 0 aliphatic heterocycles. The molecule has 0 unspecified atom stereocenters. The molecule has 0 N–H and O–H groups in total. The van der Waals surface area contributed by atoms with Gasteiger partial charge in [-0.2, -0.15) is 0 Å². The van der Waals surface area contributed by atoms with Crippen molar-refractivity contribution in [1.82, 2.24) is 0 Å². The number of rotatable bonds is 1. The molecule has 0 saturated carbocycles. The van der Waals surface area contributed by atoms with Crippen LogP contribution in [0.3, 0.4) is 0 Å². The van der Waals surface area contributed by atoms with E-state index in [1.165, 1.54) is 12.1 Å². The van der Waals surface area contributed by atoms with E-state index >= 15 is 0 Å². The SMILES string of the molecule is CC(C)(C)C#Cc1ccc([N+](=O)[O-])cc1. The normalized spacial score (nSPS) is 10.3. The van der Waals surface area contributed by atoms with Crippen LogP contribution in [0.2, 0.25) is 0 Å². The Morgan fingerprint density at radius 3 is 2.13 bits per heavy atom. The molecule has 0 saturated heterocycles. The van der Waals surface area contributed by atoms with Crippen LogP contribution >= 0.6 is 0 Å². The maximum Gasteiger partial charge on any atom is 0.269 e. The van der Waals surface area contributed by atoms with Gasteiger partial charge in [0.1, 0.15) is 0 Å². The van der Waals surface area contributed by atoms with Crippen LogP contribution in [-0.2, 0) is 0 Å². The van der Waals surface area contributed by atoms with Crippen molar-refractivity contribution in [2.75, 3.05) is 0 Å². The van der Waals surface area contributed by atoms with Gasteiger partial charge in [0.25, 0.3) is 5.69 Å². The molecule has 1 aromatic carbocycles. The van der Waals surface area contributed by atoms with Crippen LogP contribution in [-0.4, -0.2) is 4.92 Å². The monoisotopic (exact) mass is 203 g/mol. The van der Waals surface area contributed by atoms with E-state index in [2.05, 4.69) is 11.8 Å². The van der Waals surface area contributed by atoms with Crippen LogP contribution in [0, 0.1) is 27.4 Å². The van der Waals surface area contributed by atoms with Gasteiger partial charge in [0.05, 0.1) is 4.92 Å². The molecule has 0 aliphatic rings. The predicted molar refractivity (Wildman–Crippen MR) is 59.4 cm³/mol. The fourth-order valence-corrected chi connectivity index (χ4v) is 0.926. The Hall–Kier alpha value is -1.82. The van der Waals surface area contributed by atoms with Crippen LogP contribution in [0.4, 0.5) is 5.69 Å². The summed E-state index contributed by atoms with van der Waals surface area (Å²) in [6, 6.07) is 6.26. The van der Waals surface area contributed by atoms with Crippen molar-refractivity contribution in [2.45, 2.75) is 20.8 Å². The standard InChI is InChI=1S/C12H13NO2/c1-12(2,3)9-8-10-4-6-11(7-5-10)13(14)15/h4-7H,1-3H3. The van der Waals surface area contributed by atoms with E-state index in [-0.39, 0.29) is 11.1 Å². The lowest BCUT2D eigenvalue weighted by Crippen LogP contribution is -1.99. The average Bonchev–Trinajstić information content (AvgIpc) is 2.14. The number of hydrogen-bond donors (Lipinski definition) is 0. The van der Waals surface area contributed by atoms with Gasteiger partial charge in [-0.3, -0.25) is 10.1 Å². The topological polar surface area (TPSA) is 43.1 Å². The van der Waals surface area contributed by atoms with E-state index < -0.39 is 4.92 Å². The van der Waals surface area contributed by atoms with Gasteiger partial charge in [-0.15, -0.1) is 0 Å². The van der Waals surface area contributed by atoms with Gasteiger partial charge < -0.3 is 0 Å². The van der Waals surface area contributed by atoms with E-state index in [0.29, 0.717) is 0 Å².